The molecule has 0 spiro atoms. The smallest absolute Gasteiger partial charge is 0.216 e. The van der Waals surface area contributed by atoms with E-state index in [0.717, 1.165) is 0 Å². The van der Waals surface area contributed by atoms with Gasteiger partial charge in [0.15, 0.2) is 0 Å². The van der Waals surface area contributed by atoms with E-state index in [4.69, 9.17) is 5.11 Å². The lowest BCUT2D eigenvalue weighted by atomic mass is 10.6. The molecule has 0 radical (unpaired) electrons. The van der Waals surface area contributed by atoms with Gasteiger partial charge < -0.3 is 5.11 Å². The average Bonchev–Trinajstić information content (AvgIpc) is 1.60. The fourth-order valence-corrected chi connectivity index (χ4v) is 1.12. The van der Waals surface area contributed by atoms with Crippen molar-refractivity contribution in [3.8, 4) is 0 Å². The minimum atomic E-state index is -3.30. The highest BCUT2D eigenvalue weighted by Gasteiger charge is 2.16. The normalized spacial score (nSPS) is 15.7. The Morgan fingerprint density at radius 1 is 1.30 bits per heavy atom. The van der Waals surface area contributed by atoms with Crippen LogP contribution in [0.3, 0.4) is 0 Å². The van der Waals surface area contributed by atoms with Crippen molar-refractivity contribution < 1.29 is 13.5 Å². The first-order valence-electron chi connectivity index (χ1n) is 3.05. The molecule has 0 saturated heterocycles. The van der Waals surface area contributed by atoms with Gasteiger partial charge in [0.05, 0.1) is 5.25 Å². The molecule has 0 fully saturated rings. The Labute approximate surface area is 61.3 Å². The van der Waals surface area contributed by atoms with Gasteiger partial charge in [-0.05, 0) is 20.8 Å². The third kappa shape index (κ3) is 3.14. The van der Waals surface area contributed by atoms with Crippen LogP contribution >= 0.6 is 0 Å². The Bertz CT molecular complexity index is 183. The molecule has 0 rings (SSSR count). The summed E-state index contributed by atoms with van der Waals surface area (Å²) < 4.78 is 23.8. The van der Waals surface area contributed by atoms with E-state index in [1.807, 2.05) is 4.72 Å². The summed E-state index contributed by atoms with van der Waals surface area (Å²) in [6.45, 7) is 4.45. The monoisotopic (exact) mass is 167 g/mol. The lowest BCUT2D eigenvalue weighted by Gasteiger charge is -2.10. The Balaban J connectivity index is 4.16. The van der Waals surface area contributed by atoms with Crippen LogP contribution in [0.1, 0.15) is 20.8 Å². The first kappa shape index (κ1) is 9.87. The zero-order valence-corrected chi connectivity index (χ0v) is 7.14. The summed E-state index contributed by atoms with van der Waals surface area (Å²) in [6.07, 6.45) is -1.01. The molecule has 62 valence electrons. The topological polar surface area (TPSA) is 66.4 Å². The van der Waals surface area contributed by atoms with E-state index in [1.54, 1.807) is 13.8 Å². The molecule has 0 aliphatic carbocycles. The summed E-state index contributed by atoms with van der Waals surface area (Å²) in [5.74, 6) is 0. The van der Waals surface area contributed by atoms with E-state index in [9.17, 15) is 8.42 Å². The Morgan fingerprint density at radius 3 is 1.80 bits per heavy atom. The van der Waals surface area contributed by atoms with Gasteiger partial charge in [-0.2, -0.15) is 4.72 Å². The highest BCUT2D eigenvalue weighted by molar-refractivity contribution is 7.90. The van der Waals surface area contributed by atoms with Crippen molar-refractivity contribution in [2.75, 3.05) is 0 Å². The molecule has 1 unspecified atom stereocenters. The third-order valence-electron chi connectivity index (χ3n) is 0.955. The Morgan fingerprint density at radius 2 is 1.70 bits per heavy atom. The summed E-state index contributed by atoms with van der Waals surface area (Å²) in [5.41, 5.74) is 0. The summed E-state index contributed by atoms with van der Waals surface area (Å²) in [7, 11) is -3.30. The maximum Gasteiger partial charge on any atom is 0.216 e. The number of rotatable bonds is 3. The van der Waals surface area contributed by atoms with Gasteiger partial charge in [0, 0.05) is 0 Å². The zero-order chi connectivity index (χ0) is 8.36. The van der Waals surface area contributed by atoms with Crippen LogP contribution in [-0.4, -0.2) is 25.0 Å². The predicted octanol–water partition coefficient (Wildman–Crippen LogP) is -0.347. The molecule has 0 amide bonds. The highest BCUT2D eigenvalue weighted by atomic mass is 32.2. The van der Waals surface area contributed by atoms with Crippen molar-refractivity contribution in [2.24, 2.45) is 0 Å². The molecular weight excluding hydrogens is 154 g/mol. The molecule has 0 aliphatic rings. The van der Waals surface area contributed by atoms with Crippen molar-refractivity contribution in [3.63, 3.8) is 0 Å². The molecule has 0 saturated carbocycles. The summed E-state index contributed by atoms with van der Waals surface area (Å²) >= 11 is 0. The van der Waals surface area contributed by atoms with Gasteiger partial charge in [-0.1, -0.05) is 0 Å². The van der Waals surface area contributed by atoms with Crippen molar-refractivity contribution in [1.82, 2.24) is 4.72 Å². The van der Waals surface area contributed by atoms with Crippen molar-refractivity contribution in [1.29, 1.82) is 0 Å². The molecule has 0 aromatic rings. The van der Waals surface area contributed by atoms with Gasteiger partial charge in [-0.25, -0.2) is 8.42 Å². The van der Waals surface area contributed by atoms with E-state index in [-0.39, 0.29) is 0 Å². The van der Waals surface area contributed by atoms with Crippen LogP contribution in [0.15, 0.2) is 0 Å². The Kier molecular flexibility index (Phi) is 3.27. The minimum Gasteiger partial charge on any atom is -0.378 e. The first-order chi connectivity index (χ1) is 4.36. The second kappa shape index (κ2) is 3.32. The van der Waals surface area contributed by atoms with Crippen LogP contribution < -0.4 is 4.72 Å². The second-order valence-corrected chi connectivity index (χ2v) is 4.66. The van der Waals surface area contributed by atoms with Gasteiger partial charge in [0.2, 0.25) is 10.0 Å². The van der Waals surface area contributed by atoms with E-state index in [2.05, 4.69) is 0 Å². The highest BCUT2D eigenvalue weighted by Crippen LogP contribution is 1.95. The maximum absolute atomic E-state index is 10.9. The van der Waals surface area contributed by atoms with Gasteiger partial charge in [-0.3, -0.25) is 0 Å². The summed E-state index contributed by atoms with van der Waals surface area (Å²) in [4.78, 5) is 0. The van der Waals surface area contributed by atoms with Crippen LogP contribution in [0, 0.1) is 0 Å². The maximum atomic E-state index is 10.9. The minimum absolute atomic E-state index is 0.498. The van der Waals surface area contributed by atoms with Gasteiger partial charge in [-0.15, -0.1) is 0 Å². The zero-order valence-electron chi connectivity index (χ0n) is 6.33. The molecule has 0 heterocycles. The summed E-state index contributed by atoms with van der Waals surface area (Å²) in [6, 6.07) is 0. The lowest BCUT2D eigenvalue weighted by Crippen LogP contribution is -2.37. The summed E-state index contributed by atoms with van der Waals surface area (Å²) in [5, 5.41) is 8.15. The lowest BCUT2D eigenvalue weighted by molar-refractivity contribution is 0.183. The predicted molar refractivity (Wildman–Crippen MR) is 38.9 cm³/mol. The molecule has 0 aromatic heterocycles. The molecule has 0 bridgehead atoms. The molecule has 0 aromatic carbocycles. The number of aliphatic hydroxyl groups is 1. The van der Waals surface area contributed by atoms with Crippen molar-refractivity contribution >= 4 is 10.0 Å². The molecule has 0 aliphatic heterocycles. The van der Waals surface area contributed by atoms with E-state index in [0.29, 0.717) is 0 Å². The van der Waals surface area contributed by atoms with Gasteiger partial charge in [0.1, 0.15) is 6.23 Å². The number of hydrogen-bond donors (Lipinski definition) is 2. The quantitative estimate of drug-likeness (QED) is 0.565. The number of nitrogens with one attached hydrogen (secondary N) is 1. The van der Waals surface area contributed by atoms with Crippen molar-refractivity contribution in [3.05, 3.63) is 0 Å². The number of hydrogen-bond acceptors (Lipinski definition) is 3. The fraction of sp³-hybridized carbons (Fsp3) is 1.00. The average molecular weight is 167 g/mol. The van der Waals surface area contributed by atoms with E-state index >= 15 is 0 Å². The standard InChI is InChI=1S/C5H13NO3S/c1-4(2)10(8,9)6-5(3)7/h4-7H,1-3H3. The van der Waals surface area contributed by atoms with E-state index < -0.39 is 21.5 Å². The van der Waals surface area contributed by atoms with Crippen LogP contribution in [0.4, 0.5) is 0 Å². The molecule has 10 heavy (non-hydrogen) atoms. The first-order valence-corrected chi connectivity index (χ1v) is 4.60. The van der Waals surface area contributed by atoms with Crippen LogP contribution in [-0.2, 0) is 10.0 Å². The molecule has 5 heteroatoms. The number of aliphatic hydroxyl groups excluding tert-OH is 1. The van der Waals surface area contributed by atoms with Crippen LogP contribution in [0.25, 0.3) is 0 Å². The SMILES string of the molecule is CC(O)NS(=O)(=O)C(C)C. The third-order valence-corrected chi connectivity index (χ3v) is 2.87. The van der Waals surface area contributed by atoms with Crippen molar-refractivity contribution in [2.45, 2.75) is 32.2 Å². The Hall–Kier alpha value is -0.130. The van der Waals surface area contributed by atoms with Gasteiger partial charge in [0.25, 0.3) is 0 Å². The molecular formula is C5H13NO3S. The largest absolute Gasteiger partial charge is 0.378 e. The molecule has 1 atom stereocenters. The van der Waals surface area contributed by atoms with Crippen LogP contribution in [0.5, 0.6) is 0 Å². The van der Waals surface area contributed by atoms with E-state index in [1.165, 1.54) is 6.92 Å². The fourth-order valence-electron chi connectivity index (χ4n) is 0.374. The second-order valence-electron chi connectivity index (χ2n) is 2.39. The van der Waals surface area contributed by atoms with Crippen LogP contribution in [0.2, 0.25) is 0 Å². The molecule has 2 N–H and O–H groups in total. The van der Waals surface area contributed by atoms with Gasteiger partial charge >= 0.3 is 0 Å². The molecule has 4 nitrogen and oxygen atoms in total. The number of sulfonamides is 1.